The number of hydrogen-bond donors (Lipinski definition) is 1. The molecule has 0 aromatic heterocycles. The van der Waals surface area contributed by atoms with Crippen molar-refractivity contribution in [2.45, 2.75) is 25.7 Å². The van der Waals surface area contributed by atoms with Gasteiger partial charge in [-0.3, -0.25) is 9.59 Å². The number of nitrogens with zero attached hydrogens (tertiary/aromatic N) is 2. The Morgan fingerprint density at radius 1 is 1.04 bits per heavy atom. The fourth-order valence-corrected chi connectivity index (χ4v) is 5.31. The van der Waals surface area contributed by atoms with Gasteiger partial charge in [-0.2, -0.15) is 0 Å². The van der Waals surface area contributed by atoms with Crippen molar-refractivity contribution in [1.82, 2.24) is 15.1 Å². The molecule has 0 unspecified atom stereocenters. The molecule has 28 heavy (non-hydrogen) atoms. The van der Waals surface area contributed by atoms with Crippen LogP contribution in [0.15, 0.2) is 18.2 Å². The van der Waals surface area contributed by atoms with E-state index >= 15 is 0 Å². The summed E-state index contributed by atoms with van der Waals surface area (Å²) < 4.78 is 10.7. The Labute approximate surface area is 165 Å². The minimum Gasteiger partial charge on any atom is -0.454 e. The maximum Gasteiger partial charge on any atom is 0.254 e. The number of carbonyl (C=O) groups excluding carboxylic acids is 2. The largest absolute Gasteiger partial charge is 0.454 e. The van der Waals surface area contributed by atoms with Crippen molar-refractivity contribution in [3.05, 3.63) is 23.8 Å². The average molecular weight is 385 g/mol. The lowest BCUT2D eigenvalue weighted by atomic mass is 9.67. The molecule has 1 aliphatic carbocycles. The van der Waals surface area contributed by atoms with Gasteiger partial charge in [-0.05, 0) is 43.5 Å². The first-order valence-corrected chi connectivity index (χ1v) is 10.4. The number of rotatable bonds is 2. The Balaban J connectivity index is 1.24. The summed E-state index contributed by atoms with van der Waals surface area (Å²) in [7, 11) is 0. The van der Waals surface area contributed by atoms with E-state index in [1.807, 2.05) is 9.80 Å². The Bertz CT molecular complexity index is 790. The minimum absolute atomic E-state index is 0.0124. The molecule has 150 valence electrons. The number of benzene rings is 1. The lowest BCUT2D eigenvalue weighted by Crippen LogP contribution is -2.56. The summed E-state index contributed by atoms with van der Waals surface area (Å²) in [5, 5.41) is 3.46. The molecule has 3 aliphatic heterocycles. The molecule has 0 spiro atoms. The third-order valence-electron chi connectivity index (χ3n) is 6.94. The van der Waals surface area contributed by atoms with Crippen molar-refractivity contribution in [2.75, 3.05) is 46.1 Å². The zero-order chi connectivity index (χ0) is 19.1. The van der Waals surface area contributed by atoms with Crippen molar-refractivity contribution >= 4 is 11.8 Å². The molecule has 2 atom stereocenters. The molecule has 1 aromatic rings. The second-order valence-electron chi connectivity index (χ2n) is 8.38. The highest BCUT2D eigenvalue weighted by Crippen LogP contribution is 2.45. The van der Waals surface area contributed by atoms with Gasteiger partial charge in [0.25, 0.3) is 5.91 Å². The first-order valence-electron chi connectivity index (χ1n) is 10.4. The van der Waals surface area contributed by atoms with Crippen molar-refractivity contribution in [1.29, 1.82) is 0 Å². The molecule has 4 aliphatic rings. The number of fused-ring (bicyclic) bond motifs is 2. The monoisotopic (exact) mass is 385 g/mol. The highest BCUT2D eigenvalue weighted by molar-refractivity contribution is 5.95. The highest BCUT2D eigenvalue weighted by Gasteiger charge is 2.51. The molecule has 0 bridgehead atoms. The second kappa shape index (κ2) is 6.95. The lowest BCUT2D eigenvalue weighted by molar-refractivity contribution is -0.146. The Morgan fingerprint density at radius 3 is 2.68 bits per heavy atom. The molecule has 1 aromatic carbocycles. The Morgan fingerprint density at radius 2 is 1.82 bits per heavy atom. The van der Waals surface area contributed by atoms with Crippen LogP contribution in [0.5, 0.6) is 11.5 Å². The zero-order valence-corrected chi connectivity index (χ0v) is 16.1. The topological polar surface area (TPSA) is 71.1 Å². The van der Waals surface area contributed by atoms with Gasteiger partial charge in [0.2, 0.25) is 12.7 Å². The smallest absolute Gasteiger partial charge is 0.254 e. The van der Waals surface area contributed by atoms with E-state index in [-0.39, 0.29) is 18.1 Å². The third-order valence-corrected chi connectivity index (χ3v) is 6.94. The summed E-state index contributed by atoms with van der Waals surface area (Å²) >= 11 is 0. The second-order valence-corrected chi connectivity index (χ2v) is 8.38. The van der Waals surface area contributed by atoms with Crippen molar-refractivity contribution in [2.24, 2.45) is 11.3 Å². The summed E-state index contributed by atoms with van der Waals surface area (Å²) in [5.74, 6) is 2.07. The Hall–Kier alpha value is -2.28. The molecule has 7 heteroatoms. The molecular weight excluding hydrogens is 358 g/mol. The van der Waals surface area contributed by atoms with Crippen LogP contribution in [0, 0.1) is 11.3 Å². The number of carbonyl (C=O) groups is 2. The van der Waals surface area contributed by atoms with Crippen LogP contribution in [-0.4, -0.2) is 67.7 Å². The highest BCUT2D eigenvalue weighted by atomic mass is 16.7. The van der Waals surface area contributed by atoms with E-state index in [1.165, 1.54) is 6.42 Å². The van der Waals surface area contributed by atoms with Crippen LogP contribution in [0.1, 0.15) is 36.0 Å². The van der Waals surface area contributed by atoms with Crippen LogP contribution < -0.4 is 14.8 Å². The van der Waals surface area contributed by atoms with Crippen molar-refractivity contribution in [3.8, 4) is 11.5 Å². The van der Waals surface area contributed by atoms with Gasteiger partial charge in [-0.1, -0.05) is 12.8 Å². The number of ether oxygens (including phenoxy) is 2. The minimum atomic E-state index is -0.207. The fraction of sp³-hybridized carbons (Fsp3) is 0.619. The molecule has 3 heterocycles. The normalized spacial score (nSPS) is 28.9. The molecule has 2 amide bonds. The standard InChI is InChI=1S/C21H27N3O4/c25-19(15-4-5-17-18(11-15)28-14-27-17)23-7-9-24(10-8-23)20(26)21-6-2-1-3-16(21)12-22-13-21/h4-5,11,16,22H,1-3,6-10,12-14H2/t16-,21+/m0/s1. The maximum atomic E-state index is 13.4. The first-order chi connectivity index (χ1) is 13.7. The molecule has 1 saturated carbocycles. The van der Waals surface area contributed by atoms with Crippen LogP contribution in [0.3, 0.4) is 0 Å². The van der Waals surface area contributed by atoms with Crippen molar-refractivity contribution < 1.29 is 19.1 Å². The van der Waals surface area contributed by atoms with Crippen LogP contribution in [-0.2, 0) is 4.79 Å². The van der Waals surface area contributed by atoms with E-state index in [4.69, 9.17) is 9.47 Å². The molecule has 5 rings (SSSR count). The van der Waals surface area contributed by atoms with E-state index in [9.17, 15) is 9.59 Å². The molecule has 7 nitrogen and oxygen atoms in total. The summed E-state index contributed by atoms with van der Waals surface area (Å²) in [6.07, 6.45) is 4.53. The van der Waals surface area contributed by atoms with Gasteiger partial charge in [0, 0.05) is 38.3 Å². The van der Waals surface area contributed by atoms with E-state index in [2.05, 4.69) is 5.32 Å². The van der Waals surface area contributed by atoms with Gasteiger partial charge in [-0.25, -0.2) is 0 Å². The van der Waals surface area contributed by atoms with Crippen LogP contribution in [0.2, 0.25) is 0 Å². The average Bonchev–Trinajstić information content (AvgIpc) is 3.39. The number of amides is 2. The third kappa shape index (κ3) is 2.83. The molecular formula is C21H27N3O4. The van der Waals surface area contributed by atoms with Gasteiger partial charge in [0.15, 0.2) is 11.5 Å². The lowest BCUT2D eigenvalue weighted by Gasteiger charge is -2.43. The fourth-order valence-electron chi connectivity index (χ4n) is 5.31. The summed E-state index contributed by atoms with van der Waals surface area (Å²) in [4.78, 5) is 30.1. The number of hydrogen-bond acceptors (Lipinski definition) is 5. The summed E-state index contributed by atoms with van der Waals surface area (Å²) in [6, 6.07) is 5.31. The predicted molar refractivity (Wildman–Crippen MR) is 102 cm³/mol. The maximum absolute atomic E-state index is 13.4. The van der Waals surface area contributed by atoms with Gasteiger partial charge in [0.05, 0.1) is 5.41 Å². The van der Waals surface area contributed by atoms with Gasteiger partial charge >= 0.3 is 0 Å². The molecule has 1 N–H and O–H groups in total. The van der Waals surface area contributed by atoms with Gasteiger partial charge < -0.3 is 24.6 Å². The summed E-state index contributed by atoms with van der Waals surface area (Å²) in [5.41, 5.74) is 0.400. The Kier molecular flexibility index (Phi) is 4.42. The first kappa shape index (κ1) is 17.8. The van der Waals surface area contributed by atoms with E-state index < -0.39 is 0 Å². The zero-order valence-electron chi connectivity index (χ0n) is 16.1. The van der Waals surface area contributed by atoms with Crippen molar-refractivity contribution in [3.63, 3.8) is 0 Å². The quantitative estimate of drug-likeness (QED) is 0.835. The predicted octanol–water partition coefficient (Wildman–Crippen LogP) is 1.48. The SMILES string of the molecule is O=C(c1ccc2c(c1)OCO2)N1CCN(C(=O)[C@@]23CCCC[C@H]2CNC3)CC1. The van der Waals surface area contributed by atoms with E-state index in [0.29, 0.717) is 55.1 Å². The van der Waals surface area contributed by atoms with Crippen LogP contribution >= 0.6 is 0 Å². The van der Waals surface area contributed by atoms with Crippen LogP contribution in [0.25, 0.3) is 0 Å². The molecule has 3 fully saturated rings. The van der Waals surface area contributed by atoms with Gasteiger partial charge in [0.1, 0.15) is 0 Å². The number of piperazine rings is 1. The van der Waals surface area contributed by atoms with E-state index in [0.717, 1.165) is 32.4 Å². The van der Waals surface area contributed by atoms with E-state index in [1.54, 1.807) is 18.2 Å². The van der Waals surface area contributed by atoms with Crippen LogP contribution in [0.4, 0.5) is 0 Å². The van der Waals surface area contributed by atoms with Gasteiger partial charge in [-0.15, -0.1) is 0 Å². The summed E-state index contributed by atoms with van der Waals surface area (Å²) in [6.45, 7) is 4.36. The molecule has 2 saturated heterocycles. The molecule has 0 radical (unpaired) electrons. The number of nitrogens with one attached hydrogen (secondary N) is 1.